The summed E-state index contributed by atoms with van der Waals surface area (Å²) >= 11 is 0. The van der Waals surface area contributed by atoms with Crippen molar-refractivity contribution < 1.29 is 5.11 Å². The molecule has 0 spiro atoms. The average molecular weight is 259 g/mol. The van der Waals surface area contributed by atoms with Gasteiger partial charge in [0.2, 0.25) is 0 Å². The highest BCUT2D eigenvalue weighted by Crippen LogP contribution is 2.15. The van der Waals surface area contributed by atoms with Gasteiger partial charge in [0.1, 0.15) is 0 Å². The van der Waals surface area contributed by atoms with Crippen molar-refractivity contribution in [1.29, 1.82) is 0 Å². The minimum atomic E-state index is -0.0966. The third kappa shape index (κ3) is 3.66. The SMILES string of the molecule is CC(C)(CO)CNCc1ccccc1-n1cccn1. The number of para-hydroxylation sites is 1. The molecule has 102 valence electrons. The van der Waals surface area contributed by atoms with Crippen molar-refractivity contribution in [3.05, 3.63) is 48.3 Å². The van der Waals surface area contributed by atoms with E-state index < -0.39 is 0 Å². The number of aliphatic hydroxyl groups excluding tert-OH is 1. The monoisotopic (exact) mass is 259 g/mol. The number of nitrogens with zero attached hydrogens (tertiary/aromatic N) is 2. The molecule has 19 heavy (non-hydrogen) atoms. The van der Waals surface area contributed by atoms with E-state index in [0.29, 0.717) is 0 Å². The van der Waals surface area contributed by atoms with Gasteiger partial charge in [-0.05, 0) is 17.7 Å². The Morgan fingerprint density at radius 3 is 2.74 bits per heavy atom. The van der Waals surface area contributed by atoms with E-state index in [9.17, 15) is 5.11 Å². The zero-order valence-corrected chi connectivity index (χ0v) is 11.5. The number of hydrogen-bond acceptors (Lipinski definition) is 3. The summed E-state index contributed by atoms with van der Waals surface area (Å²) in [5.41, 5.74) is 2.18. The molecular formula is C15H21N3O. The Morgan fingerprint density at radius 2 is 2.05 bits per heavy atom. The highest BCUT2D eigenvalue weighted by Gasteiger charge is 2.15. The second-order valence-electron chi connectivity index (χ2n) is 5.51. The van der Waals surface area contributed by atoms with Crippen molar-refractivity contribution in [2.75, 3.05) is 13.2 Å². The standard InChI is InChI=1S/C15H21N3O/c1-15(2,12-19)11-16-10-13-6-3-4-7-14(13)18-9-5-8-17-18/h3-9,16,19H,10-12H2,1-2H3. The predicted molar refractivity (Wildman–Crippen MR) is 76.1 cm³/mol. The van der Waals surface area contributed by atoms with Crippen molar-refractivity contribution in [2.24, 2.45) is 5.41 Å². The van der Waals surface area contributed by atoms with E-state index >= 15 is 0 Å². The minimum absolute atomic E-state index is 0.0966. The molecule has 0 amide bonds. The number of nitrogens with one attached hydrogen (secondary N) is 1. The van der Waals surface area contributed by atoms with Crippen LogP contribution in [0.3, 0.4) is 0 Å². The third-order valence-electron chi connectivity index (χ3n) is 3.09. The Labute approximate surface area is 114 Å². The van der Waals surface area contributed by atoms with Crippen LogP contribution in [0.4, 0.5) is 0 Å². The summed E-state index contributed by atoms with van der Waals surface area (Å²) in [7, 11) is 0. The van der Waals surface area contributed by atoms with Gasteiger partial charge < -0.3 is 10.4 Å². The summed E-state index contributed by atoms with van der Waals surface area (Å²) in [6.07, 6.45) is 3.72. The van der Waals surface area contributed by atoms with Crippen LogP contribution in [0.2, 0.25) is 0 Å². The molecule has 0 aliphatic heterocycles. The molecule has 0 radical (unpaired) electrons. The number of hydrogen-bond donors (Lipinski definition) is 2. The molecule has 0 atom stereocenters. The fourth-order valence-electron chi connectivity index (χ4n) is 1.89. The van der Waals surface area contributed by atoms with Gasteiger partial charge in [-0.2, -0.15) is 5.10 Å². The first kappa shape index (κ1) is 13.8. The van der Waals surface area contributed by atoms with Gasteiger partial charge in [-0.15, -0.1) is 0 Å². The summed E-state index contributed by atoms with van der Waals surface area (Å²) in [6, 6.07) is 10.1. The Bertz CT molecular complexity index is 506. The van der Waals surface area contributed by atoms with E-state index in [0.717, 1.165) is 18.8 Å². The van der Waals surface area contributed by atoms with E-state index in [1.54, 1.807) is 6.20 Å². The van der Waals surface area contributed by atoms with Gasteiger partial charge in [0, 0.05) is 37.5 Å². The van der Waals surface area contributed by atoms with E-state index in [1.807, 2.05) is 42.9 Å². The van der Waals surface area contributed by atoms with Crippen LogP contribution in [0.25, 0.3) is 5.69 Å². The number of aliphatic hydroxyl groups is 1. The summed E-state index contributed by atoms with van der Waals surface area (Å²) in [5, 5.41) is 16.9. The Kier molecular flexibility index (Phi) is 4.35. The number of aromatic nitrogens is 2. The maximum Gasteiger partial charge on any atom is 0.0690 e. The topological polar surface area (TPSA) is 50.1 Å². The van der Waals surface area contributed by atoms with Gasteiger partial charge in [0.25, 0.3) is 0 Å². The zero-order valence-electron chi connectivity index (χ0n) is 11.5. The molecule has 1 aromatic carbocycles. The van der Waals surface area contributed by atoms with Gasteiger partial charge >= 0.3 is 0 Å². The van der Waals surface area contributed by atoms with Crippen molar-refractivity contribution >= 4 is 0 Å². The lowest BCUT2D eigenvalue weighted by Gasteiger charge is -2.22. The zero-order chi connectivity index (χ0) is 13.7. The maximum absolute atomic E-state index is 9.24. The molecule has 1 aromatic heterocycles. The van der Waals surface area contributed by atoms with E-state index in [2.05, 4.69) is 22.5 Å². The summed E-state index contributed by atoms with van der Waals surface area (Å²) in [5.74, 6) is 0. The van der Waals surface area contributed by atoms with Crippen LogP contribution in [0.1, 0.15) is 19.4 Å². The van der Waals surface area contributed by atoms with Crippen LogP contribution in [-0.2, 0) is 6.54 Å². The Hall–Kier alpha value is -1.65. The molecule has 0 unspecified atom stereocenters. The molecule has 0 bridgehead atoms. The molecule has 4 heteroatoms. The third-order valence-corrected chi connectivity index (χ3v) is 3.09. The van der Waals surface area contributed by atoms with E-state index in [1.165, 1.54) is 5.56 Å². The molecule has 4 nitrogen and oxygen atoms in total. The molecule has 0 saturated heterocycles. The maximum atomic E-state index is 9.24. The lowest BCUT2D eigenvalue weighted by atomic mass is 9.95. The van der Waals surface area contributed by atoms with Crippen LogP contribution in [0.15, 0.2) is 42.7 Å². The van der Waals surface area contributed by atoms with Gasteiger partial charge in [0.05, 0.1) is 5.69 Å². The van der Waals surface area contributed by atoms with Crippen LogP contribution >= 0.6 is 0 Å². The van der Waals surface area contributed by atoms with Gasteiger partial charge in [-0.1, -0.05) is 32.0 Å². The molecule has 2 aromatic rings. The van der Waals surface area contributed by atoms with Gasteiger partial charge in [-0.25, -0.2) is 4.68 Å². The van der Waals surface area contributed by atoms with Crippen LogP contribution in [0, 0.1) is 5.41 Å². The fourth-order valence-corrected chi connectivity index (χ4v) is 1.89. The first-order valence-electron chi connectivity index (χ1n) is 6.52. The summed E-state index contributed by atoms with van der Waals surface area (Å²) in [6.45, 7) is 5.80. The van der Waals surface area contributed by atoms with E-state index in [-0.39, 0.29) is 12.0 Å². The van der Waals surface area contributed by atoms with Crippen molar-refractivity contribution in [1.82, 2.24) is 15.1 Å². The summed E-state index contributed by atoms with van der Waals surface area (Å²) in [4.78, 5) is 0. The second-order valence-corrected chi connectivity index (χ2v) is 5.51. The highest BCUT2D eigenvalue weighted by molar-refractivity contribution is 5.40. The fraction of sp³-hybridized carbons (Fsp3) is 0.400. The molecule has 2 rings (SSSR count). The first-order chi connectivity index (χ1) is 9.12. The first-order valence-corrected chi connectivity index (χ1v) is 6.52. The Balaban J connectivity index is 2.05. The van der Waals surface area contributed by atoms with Gasteiger partial charge in [0.15, 0.2) is 0 Å². The molecule has 0 aliphatic carbocycles. The van der Waals surface area contributed by atoms with Crippen LogP contribution in [0.5, 0.6) is 0 Å². The quantitative estimate of drug-likeness (QED) is 0.834. The smallest absolute Gasteiger partial charge is 0.0690 e. The van der Waals surface area contributed by atoms with Crippen molar-refractivity contribution in [3.63, 3.8) is 0 Å². The molecule has 0 fully saturated rings. The largest absolute Gasteiger partial charge is 0.396 e. The van der Waals surface area contributed by atoms with Crippen molar-refractivity contribution in [2.45, 2.75) is 20.4 Å². The average Bonchev–Trinajstić information content (AvgIpc) is 2.93. The molecule has 0 aliphatic rings. The summed E-state index contributed by atoms with van der Waals surface area (Å²) < 4.78 is 1.87. The highest BCUT2D eigenvalue weighted by atomic mass is 16.3. The molecular weight excluding hydrogens is 238 g/mol. The van der Waals surface area contributed by atoms with Gasteiger partial charge in [-0.3, -0.25) is 0 Å². The van der Waals surface area contributed by atoms with Crippen molar-refractivity contribution in [3.8, 4) is 5.69 Å². The Morgan fingerprint density at radius 1 is 1.26 bits per heavy atom. The number of benzene rings is 1. The lowest BCUT2D eigenvalue weighted by molar-refractivity contribution is 0.156. The predicted octanol–water partition coefficient (Wildman–Crippen LogP) is 1.98. The molecule has 2 N–H and O–H groups in total. The normalized spacial score (nSPS) is 11.7. The van der Waals surface area contributed by atoms with E-state index in [4.69, 9.17) is 0 Å². The molecule has 0 saturated carbocycles. The minimum Gasteiger partial charge on any atom is -0.396 e. The second kappa shape index (κ2) is 5.99. The van der Waals surface area contributed by atoms with Crippen LogP contribution in [-0.4, -0.2) is 28.0 Å². The van der Waals surface area contributed by atoms with Crippen LogP contribution < -0.4 is 5.32 Å². The number of rotatable bonds is 6. The lowest BCUT2D eigenvalue weighted by Crippen LogP contribution is -2.32. The molecule has 1 heterocycles.